The van der Waals surface area contributed by atoms with E-state index in [1.165, 1.54) is 0 Å². The Balaban J connectivity index is 3.15. The summed E-state index contributed by atoms with van der Waals surface area (Å²) in [6.45, 7) is 5.40. The van der Waals surface area contributed by atoms with Gasteiger partial charge in [0.05, 0.1) is 0 Å². The van der Waals surface area contributed by atoms with Crippen molar-refractivity contribution in [3.63, 3.8) is 0 Å². The molecule has 0 aromatic heterocycles. The molecule has 1 aromatic rings. The number of nitrogens with one attached hydrogen (secondary N) is 1. The van der Waals surface area contributed by atoms with Gasteiger partial charge in [-0.05, 0) is 43.1 Å². The third kappa shape index (κ3) is 3.69. The van der Waals surface area contributed by atoms with E-state index in [1.54, 1.807) is 48.6 Å². The van der Waals surface area contributed by atoms with E-state index in [4.69, 9.17) is 0 Å². The SMILES string of the molecule is C=C/C=C\C(=C/C)S(=C)(=O)c1ccc(NC=O)cc1. The van der Waals surface area contributed by atoms with Crippen molar-refractivity contribution in [2.45, 2.75) is 11.8 Å². The predicted molar refractivity (Wildman–Crippen MR) is 82.8 cm³/mol. The second-order valence-electron chi connectivity index (χ2n) is 3.75. The third-order valence-corrected chi connectivity index (χ3v) is 4.69. The van der Waals surface area contributed by atoms with Crippen molar-refractivity contribution in [3.05, 3.63) is 60.1 Å². The van der Waals surface area contributed by atoms with Gasteiger partial charge in [-0.15, -0.1) is 0 Å². The first-order valence-electron chi connectivity index (χ1n) is 5.69. The number of benzene rings is 1. The molecule has 0 bridgehead atoms. The molecule has 1 amide bonds. The van der Waals surface area contributed by atoms with Gasteiger partial charge in [-0.2, -0.15) is 0 Å². The lowest BCUT2D eigenvalue weighted by atomic mass is 10.3. The summed E-state index contributed by atoms with van der Waals surface area (Å²) < 4.78 is 12.7. The van der Waals surface area contributed by atoms with E-state index in [9.17, 15) is 9.00 Å². The molecule has 0 spiro atoms. The number of amides is 1. The van der Waals surface area contributed by atoms with E-state index in [0.29, 0.717) is 21.9 Å². The fraction of sp³-hybridized carbons (Fsp3) is 0.0667. The first-order chi connectivity index (χ1) is 9.06. The van der Waals surface area contributed by atoms with Gasteiger partial charge in [-0.25, -0.2) is 0 Å². The lowest BCUT2D eigenvalue weighted by Gasteiger charge is -2.11. The molecule has 19 heavy (non-hydrogen) atoms. The van der Waals surface area contributed by atoms with Crippen molar-refractivity contribution in [2.24, 2.45) is 0 Å². The van der Waals surface area contributed by atoms with Crippen LogP contribution in [0, 0.1) is 0 Å². The minimum atomic E-state index is -2.54. The van der Waals surface area contributed by atoms with E-state index in [1.807, 2.05) is 6.92 Å². The van der Waals surface area contributed by atoms with Crippen LogP contribution in [0.3, 0.4) is 0 Å². The number of carbonyl (C=O) groups is 1. The Hall–Kier alpha value is -2.07. The largest absolute Gasteiger partial charge is 0.329 e. The standard InChI is InChI=1S/C15H17NO2S/c1-4-6-7-14(5-2)19(3,18)15-10-8-13(9-11-15)16-12-17/h4-12H,1,3H2,2H3,(H,16,17)/b7-6-,14-5+. The molecule has 1 N–H and O–H groups in total. The molecule has 0 radical (unpaired) electrons. The zero-order valence-corrected chi connectivity index (χ0v) is 11.7. The Bertz CT molecular complexity index is 608. The van der Waals surface area contributed by atoms with Crippen molar-refractivity contribution < 1.29 is 9.00 Å². The topological polar surface area (TPSA) is 46.2 Å². The van der Waals surface area contributed by atoms with Gasteiger partial charge in [0, 0.05) is 25.0 Å². The van der Waals surface area contributed by atoms with Crippen LogP contribution in [0.4, 0.5) is 5.69 Å². The summed E-state index contributed by atoms with van der Waals surface area (Å²) in [5, 5.41) is 2.53. The van der Waals surface area contributed by atoms with Gasteiger partial charge in [-0.1, -0.05) is 24.8 Å². The van der Waals surface area contributed by atoms with Crippen molar-refractivity contribution >= 4 is 27.5 Å². The van der Waals surface area contributed by atoms with Crippen LogP contribution in [0.2, 0.25) is 0 Å². The van der Waals surface area contributed by atoms with Crippen LogP contribution in [-0.2, 0) is 14.3 Å². The van der Waals surface area contributed by atoms with Gasteiger partial charge in [0.1, 0.15) is 0 Å². The summed E-state index contributed by atoms with van der Waals surface area (Å²) in [5.41, 5.74) is 0.651. The Kier molecular flexibility index (Phi) is 5.33. The highest BCUT2D eigenvalue weighted by molar-refractivity contribution is 8.04. The molecule has 0 aliphatic heterocycles. The van der Waals surface area contributed by atoms with Crippen LogP contribution in [0.15, 0.2) is 64.9 Å². The molecule has 1 unspecified atom stereocenters. The predicted octanol–water partition coefficient (Wildman–Crippen LogP) is 2.98. The highest BCUT2D eigenvalue weighted by atomic mass is 32.2. The second kappa shape index (κ2) is 6.75. The van der Waals surface area contributed by atoms with Gasteiger partial charge in [0.2, 0.25) is 6.41 Å². The lowest BCUT2D eigenvalue weighted by molar-refractivity contribution is -0.105. The molecular weight excluding hydrogens is 258 g/mol. The molecule has 0 aliphatic rings. The first-order valence-corrected chi connectivity index (χ1v) is 7.42. The molecular formula is C15H17NO2S. The van der Waals surface area contributed by atoms with Crippen molar-refractivity contribution in [1.29, 1.82) is 0 Å². The van der Waals surface area contributed by atoms with Gasteiger partial charge in [0.25, 0.3) is 0 Å². The van der Waals surface area contributed by atoms with Crippen LogP contribution >= 0.6 is 0 Å². The summed E-state index contributed by atoms with van der Waals surface area (Å²) in [5.74, 6) is 3.82. The molecule has 0 heterocycles. The summed E-state index contributed by atoms with van der Waals surface area (Å²) in [7, 11) is -2.54. The summed E-state index contributed by atoms with van der Waals surface area (Å²) in [6, 6.07) is 6.79. The van der Waals surface area contributed by atoms with Gasteiger partial charge >= 0.3 is 0 Å². The van der Waals surface area contributed by atoms with E-state index in [2.05, 4.69) is 17.8 Å². The van der Waals surface area contributed by atoms with Crippen molar-refractivity contribution in [3.8, 4) is 0 Å². The molecule has 0 aliphatic carbocycles. The molecule has 1 aromatic carbocycles. The average molecular weight is 275 g/mol. The highest BCUT2D eigenvalue weighted by Gasteiger charge is 2.10. The Morgan fingerprint density at radius 2 is 1.95 bits per heavy atom. The average Bonchev–Trinajstić information content (AvgIpc) is 2.40. The number of allylic oxidation sites excluding steroid dienone is 4. The molecule has 1 atom stereocenters. The highest BCUT2D eigenvalue weighted by Crippen LogP contribution is 2.22. The normalized spacial score (nSPS) is 14.9. The van der Waals surface area contributed by atoms with Crippen LogP contribution in [0.1, 0.15) is 6.92 Å². The molecule has 1 rings (SSSR count). The molecule has 0 fully saturated rings. The number of anilines is 1. The zero-order valence-electron chi connectivity index (χ0n) is 10.8. The minimum absolute atomic E-state index is 0.598. The Morgan fingerprint density at radius 1 is 1.32 bits per heavy atom. The van der Waals surface area contributed by atoms with Gasteiger partial charge in [-0.3, -0.25) is 9.00 Å². The number of hydrogen-bond donors (Lipinski definition) is 1. The maximum Gasteiger partial charge on any atom is 0.211 e. The van der Waals surface area contributed by atoms with E-state index in [0.717, 1.165) is 0 Å². The first kappa shape index (κ1) is 15.0. The molecule has 3 nitrogen and oxygen atoms in total. The fourth-order valence-corrected chi connectivity index (χ4v) is 3.06. The van der Waals surface area contributed by atoms with Crippen molar-refractivity contribution in [2.75, 3.05) is 5.32 Å². The molecule has 100 valence electrons. The number of carbonyl (C=O) groups excluding carboxylic acids is 1. The van der Waals surface area contributed by atoms with E-state index < -0.39 is 9.52 Å². The quantitative estimate of drug-likeness (QED) is 0.493. The Labute approximate surface area is 114 Å². The molecule has 0 saturated carbocycles. The fourth-order valence-electron chi connectivity index (χ4n) is 1.53. The van der Waals surface area contributed by atoms with Crippen molar-refractivity contribution in [1.82, 2.24) is 0 Å². The maximum atomic E-state index is 12.7. The van der Waals surface area contributed by atoms with Crippen LogP contribution in [-0.4, -0.2) is 16.5 Å². The van der Waals surface area contributed by atoms with Gasteiger partial charge < -0.3 is 5.32 Å². The lowest BCUT2D eigenvalue weighted by Crippen LogP contribution is -2.03. The Morgan fingerprint density at radius 3 is 2.42 bits per heavy atom. The minimum Gasteiger partial charge on any atom is -0.329 e. The molecule has 4 heteroatoms. The van der Waals surface area contributed by atoms with Gasteiger partial charge in [0.15, 0.2) is 0 Å². The van der Waals surface area contributed by atoms with E-state index >= 15 is 0 Å². The smallest absolute Gasteiger partial charge is 0.211 e. The summed E-state index contributed by atoms with van der Waals surface area (Å²) in [4.78, 5) is 11.6. The van der Waals surface area contributed by atoms with E-state index in [-0.39, 0.29) is 0 Å². The zero-order chi connectivity index (χ0) is 14.3. The third-order valence-electron chi connectivity index (χ3n) is 2.52. The van der Waals surface area contributed by atoms with Crippen LogP contribution in [0.5, 0.6) is 0 Å². The van der Waals surface area contributed by atoms with Crippen LogP contribution < -0.4 is 5.32 Å². The molecule has 0 saturated heterocycles. The maximum absolute atomic E-state index is 12.7. The van der Waals surface area contributed by atoms with Crippen LogP contribution in [0.25, 0.3) is 0 Å². The number of hydrogen-bond acceptors (Lipinski definition) is 2. The summed E-state index contributed by atoms with van der Waals surface area (Å²) >= 11 is 0. The summed E-state index contributed by atoms with van der Waals surface area (Å²) in [6.07, 6.45) is 7.45. The number of rotatable bonds is 6. The monoisotopic (exact) mass is 275 g/mol. The second-order valence-corrected chi connectivity index (χ2v) is 6.04.